The number of β-amino-alcohol motifs (C(OH)–C–C–N with tert-alkyl or cyclic N) is 1. The molecule has 3 unspecified atom stereocenters. The summed E-state index contributed by atoms with van der Waals surface area (Å²) in [7, 11) is 0. The predicted molar refractivity (Wildman–Crippen MR) is 125 cm³/mol. The van der Waals surface area contributed by atoms with Crippen molar-refractivity contribution in [2.45, 2.75) is 55.6 Å². The first kappa shape index (κ1) is 24.8. The average molecular weight is 465 g/mol. The summed E-state index contributed by atoms with van der Waals surface area (Å²) in [5, 5.41) is 9.66. The molecular weight excluding hydrogens is 428 g/mol. The molecule has 0 aromatic rings. The van der Waals surface area contributed by atoms with Gasteiger partial charge in [0, 0.05) is 24.9 Å². The molecule has 0 aliphatic carbocycles. The van der Waals surface area contributed by atoms with Gasteiger partial charge in [-0.1, -0.05) is 32.4 Å². The number of aliphatic hydroxyl groups is 1. The number of fused-ring (bicyclic) bond motifs is 1. The zero-order chi connectivity index (χ0) is 23.5. The Labute approximate surface area is 195 Å². The van der Waals surface area contributed by atoms with Crippen LogP contribution < -0.4 is 0 Å². The Kier molecular flexibility index (Phi) is 8.09. The third-order valence-corrected chi connectivity index (χ3v) is 9.18. The molecule has 3 heterocycles. The van der Waals surface area contributed by atoms with E-state index in [0.29, 0.717) is 19.5 Å². The number of aliphatic hydroxyl groups excluding tert-OH is 1. The smallest absolute Gasteiger partial charge is 0.310 e. The summed E-state index contributed by atoms with van der Waals surface area (Å²) in [6.45, 7) is 12.7. The van der Waals surface area contributed by atoms with Crippen molar-refractivity contribution >= 4 is 29.5 Å². The van der Waals surface area contributed by atoms with Crippen molar-refractivity contribution in [3.63, 3.8) is 0 Å². The van der Waals surface area contributed by atoms with Crippen LogP contribution in [0.3, 0.4) is 0 Å². The fourth-order valence-corrected chi connectivity index (χ4v) is 8.13. The quantitative estimate of drug-likeness (QED) is 0.271. The van der Waals surface area contributed by atoms with Gasteiger partial charge in [0.05, 0.1) is 29.8 Å². The maximum absolute atomic E-state index is 13.9. The number of hydrogen-bond acceptors (Lipinski definition) is 6. The molecule has 3 rings (SSSR count). The van der Waals surface area contributed by atoms with E-state index in [1.807, 2.05) is 0 Å². The zero-order valence-electron chi connectivity index (χ0n) is 19.2. The van der Waals surface area contributed by atoms with Crippen LogP contribution in [0.4, 0.5) is 0 Å². The van der Waals surface area contributed by atoms with E-state index >= 15 is 0 Å². The van der Waals surface area contributed by atoms with Crippen LogP contribution in [0, 0.1) is 17.8 Å². The van der Waals surface area contributed by atoms with E-state index in [2.05, 4.69) is 27.0 Å². The molecule has 8 heteroatoms. The molecule has 2 amide bonds. The molecule has 3 fully saturated rings. The van der Waals surface area contributed by atoms with Gasteiger partial charge in [-0.2, -0.15) is 0 Å². The first-order chi connectivity index (χ1) is 15.4. The molecule has 7 nitrogen and oxygen atoms in total. The highest BCUT2D eigenvalue weighted by Gasteiger charge is 2.76. The number of carbonyl (C=O) groups excluding carboxylic acids is 3. The third kappa shape index (κ3) is 4.00. The number of unbranched alkanes of at least 4 members (excludes halogenated alkanes) is 1. The van der Waals surface area contributed by atoms with E-state index in [1.165, 1.54) is 4.90 Å². The van der Waals surface area contributed by atoms with Crippen LogP contribution in [0.1, 0.15) is 39.5 Å². The minimum atomic E-state index is -0.695. The maximum Gasteiger partial charge on any atom is 0.310 e. The first-order valence-electron chi connectivity index (χ1n) is 11.6. The minimum absolute atomic E-state index is 0.0368. The second kappa shape index (κ2) is 10.4. The highest BCUT2D eigenvalue weighted by Crippen LogP contribution is 2.68. The molecule has 0 aromatic carbocycles. The largest absolute Gasteiger partial charge is 0.465 e. The fourth-order valence-electron chi connectivity index (χ4n) is 5.72. The second-order valence-electron chi connectivity index (χ2n) is 8.98. The van der Waals surface area contributed by atoms with Crippen LogP contribution in [0.2, 0.25) is 0 Å². The van der Waals surface area contributed by atoms with Crippen molar-refractivity contribution in [3.05, 3.63) is 25.3 Å². The summed E-state index contributed by atoms with van der Waals surface area (Å²) in [6, 6.07) is -0.695. The second-order valence-corrected chi connectivity index (χ2v) is 10.5. The normalized spacial score (nSPS) is 32.7. The molecule has 32 heavy (non-hydrogen) atoms. The highest BCUT2D eigenvalue weighted by molar-refractivity contribution is 8.02. The molecule has 0 saturated carbocycles. The van der Waals surface area contributed by atoms with Gasteiger partial charge in [-0.25, -0.2) is 0 Å². The summed E-state index contributed by atoms with van der Waals surface area (Å²) in [5.74, 6) is -1.74. The number of carbonyl (C=O) groups is 3. The molecular formula is C24H36N2O5S. The summed E-state index contributed by atoms with van der Waals surface area (Å²) in [6.07, 6.45) is 6.53. The zero-order valence-corrected chi connectivity index (χ0v) is 20.0. The number of thioether (sulfide) groups is 1. The summed E-state index contributed by atoms with van der Waals surface area (Å²) < 4.78 is 4.81. The molecule has 2 bridgehead atoms. The van der Waals surface area contributed by atoms with Crippen LogP contribution >= 0.6 is 11.8 Å². The number of likely N-dealkylation sites (tertiary alicyclic amines) is 1. The monoisotopic (exact) mass is 464 g/mol. The molecule has 178 valence electrons. The van der Waals surface area contributed by atoms with Crippen LogP contribution in [0.5, 0.6) is 0 Å². The van der Waals surface area contributed by atoms with Gasteiger partial charge in [-0.05, 0) is 25.2 Å². The average Bonchev–Trinajstić information content (AvgIpc) is 3.35. The van der Waals surface area contributed by atoms with E-state index in [9.17, 15) is 19.5 Å². The number of ether oxygens (including phenoxy) is 1. The van der Waals surface area contributed by atoms with Gasteiger partial charge in [0.2, 0.25) is 11.8 Å². The Hall–Kier alpha value is -1.80. The van der Waals surface area contributed by atoms with E-state index < -0.39 is 22.6 Å². The van der Waals surface area contributed by atoms with Gasteiger partial charge in [0.1, 0.15) is 6.04 Å². The van der Waals surface area contributed by atoms with Gasteiger partial charge >= 0.3 is 5.97 Å². The van der Waals surface area contributed by atoms with Gasteiger partial charge in [0.25, 0.3) is 0 Å². The number of nitrogens with zero attached hydrogens (tertiary/aromatic N) is 2. The number of amides is 2. The third-order valence-electron chi connectivity index (χ3n) is 7.10. The first-order valence-corrected chi connectivity index (χ1v) is 12.5. The number of rotatable bonds is 12. The summed E-state index contributed by atoms with van der Waals surface area (Å²) in [5.41, 5.74) is 0. The van der Waals surface area contributed by atoms with Gasteiger partial charge in [-0.15, -0.1) is 24.9 Å². The van der Waals surface area contributed by atoms with Crippen molar-refractivity contribution in [3.8, 4) is 0 Å². The Morgan fingerprint density at radius 2 is 2.12 bits per heavy atom. The Bertz CT molecular complexity index is 759. The molecule has 0 aromatic heterocycles. The lowest BCUT2D eigenvalue weighted by Gasteiger charge is -2.40. The predicted octanol–water partition coefficient (Wildman–Crippen LogP) is 2.25. The van der Waals surface area contributed by atoms with E-state index in [4.69, 9.17) is 4.74 Å². The molecule has 3 saturated heterocycles. The van der Waals surface area contributed by atoms with Crippen molar-refractivity contribution in [2.75, 3.05) is 32.8 Å². The standard InChI is InChI=1S/C24H36N2O5S/c1-5-8-11-25(10-7-3)22(29)20-24-16(4)15-17(32-24)18(23(30)31-14-9-6-2)19(24)21(28)26(20)12-13-27/h6-7,16-20,27H,2-3,5,8-15H2,1,4H3/t16?,17-,18+,19+,20?,24?/m1/s1. The number of hydrogen-bond donors (Lipinski definition) is 1. The lowest BCUT2D eigenvalue weighted by Crippen LogP contribution is -2.57. The molecule has 1 spiro atoms. The Morgan fingerprint density at radius 1 is 1.38 bits per heavy atom. The maximum atomic E-state index is 13.9. The van der Waals surface area contributed by atoms with Gasteiger partial charge < -0.3 is 19.6 Å². The van der Waals surface area contributed by atoms with Gasteiger partial charge in [0.15, 0.2) is 0 Å². The molecule has 3 aliphatic heterocycles. The van der Waals surface area contributed by atoms with Crippen LogP contribution in [-0.4, -0.2) is 81.6 Å². The van der Waals surface area contributed by atoms with Crippen molar-refractivity contribution in [1.82, 2.24) is 9.80 Å². The van der Waals surface area contributed by atoms with E-state index in [-0.39, 0.29) is 48.7 Å². The highest BCUT2D eigenvalue weighted by atomic mass is 32.2. The summed E-state index contributed by atoms with van der Waals surface area (Å²) in [4.78, 5) is 43.9. The lowest BCUT2D eigenvalue weighted by molar-refractivity contribution is -0.154. The van der Waals surface area contributed by atoms with Crippen molar-refractivity contribution in [1.29, 1.82) is 0 Å². The number of esters is 1. The topological polar surface area (TPSA) is 87.1 Å². The Morgan fingerprint density at radius 3 is 2.75 bits per heavy atom. The summed E-state index contributed by atoms with van der Waals surface area (Å²) >= 11 is 1.62. The lowest BCUT2D eigenvalue weighted by atomic mass is 9.66. The van der Waals surface area contributed by atoms with Crippen LogP contribution in [0.15, 0.2) is 25.3 Å². The van der Waals surface area contributed by atoms with E-state index in [1.54, 1.807) is 28.8 Å². The minimum Gasteiger partial charge on any atom is -0.465 e. The fraction of sp³-hybridized carbons (Fsp3) is 0.708. The Balaban J connectivity index is 1.98. The molecule has 1 N–H and O–H groups in total. The van der Waals surface area contributed by atoms with Crippen molar-refractivity contribution in [2.24, 2.45) is 17.8 Å². The molecule has 0 radical (unpaired) electrons. The van der Waals surface area contributed by atoms with Crippen molar-refractivity contribution < 1.29 is 24.2 Å². The van der Waals surface area contributed by atoms with E-state index in [0.717, 1.165) is 19.3 Å². The van der Waals surface area contributed by atoms with Crippen LogP contribution in [0.25, 0.3) is 0 Å². The van der Waals surface area contributed by atoms with Gasteiger partial charge in [-0.3, -0.25) is 14.4 Å². The molecule has 6 atom stereocenters. The van der Waals surface area contributed by atoms with Crippen LogP contribution in [-0.2, 0) is 19.1 Å². The SMILES string of the molecule is C=CCCOC(=O)[C@@H]1[C@H]2C(=O)N(CCO)C(C(=O)N(CC=C)CCCC)C23S[C@@H]1CC3C. The molecule has 3 aliphatic rings.